The molecule has 2 heteroatoms. The van der Waals surface area contributed by atoms with Gasteiger partial charge in [-0.2, -0.15) is 0 Å². The summed E-state index contributed by atoms with van der Waals surface area (Å²) in [5.74, 6) is 0.309. The molecular weight excluding hydrogens is 532 g/mol. The minimum absolute atomic E-state index is 0.309. The Morgan fingerprint density at radius 2 is 1.39 bits per heavy atom. The topological polar surface area (TPSA) is 8.17 Å². The van der Waals surface area contributed by atoms with Gasteiger partial charge in [0, 0.05) is 39.3 Å². The van der Waals surface area contributed by atoms with Gasteiger partial charge < -0.3 is 9.47 Å². The number of fused-ring (bicyclic) bond motifs is 6. The number of nitrogens with zero attached hydrogens (tertiary/aromatic N) is 2. The zero-order chi connectivity index (χ0) is 29.0. The van der Waals surface area contributed by atoms with Gasteiger partial charge in [0.05, 0.1) is 10.9 Å². The molecule has 44 heavy (non-hydrogen) atoms. The lowest BCUT2D eigenvalue weighted by Crippen LogP contribution is -2.37. The molecule has 6 aromatic rings. The summed E-state index contributed by atoms with van der Waals surface area (Å²) in [6, 6.07) is 46.9. The molecule has 0 saturated heterocycles. The number of hydrogen-bond donors (Lipinski definition) is 0. The van der Waals surface area contributed by atoms with E-state index in [0.29, 0.717) is 5.92 Å². The lowest BCUT2D eigenvalue weighted by molar-refractivity contribution is 0.895. The smallest absolute Gasteiger partial charge is 0.0541 e. The van der Waals surface area contributed by atoms with Crippen LogP contribution in [0.3, 0.4) is 0 Å². The molecule has 5 aromatic carbocycles. The normalized spacial score (nSPS) is 16.7. The molecule has 1 unspecified atom stereocenters. The van der Waals surface area contributed by atoms with Crippen LogP contribution in [0.1, 0.15) is 36.3 Å². The lowest BCUT2D eigenvalue weighted by atomic mass is 9.91. The van der Waals surface area contributed by atoms with E-state index in [-0.39, 0.29) is 0 Å². The molecule has 1 aliphatic heterocycles. The van der Waals surface area contributed by atoms with E-state index in [1.54, 1.807) is 0 Å². The number of allylic oxidation sites excluding steroid dienone is 4. The first-order chi connectivity index (χ1) is 21.8. The van der Waals surface area contributed by atoms with Crippen LogP contribution in [-0.4, -0.2) is 4.57 Å². The Kier molecular flexibility index (Phi) is 5.80. The Balaban J connectivity index is 1.32. The third kappa shape index (κ3) is 3.88. The minimum atomic E-state index is 0.309. The van der Waals surface area contributed by atoms with Gasteiger partial charge in [-0.05, 0) is 83.5 Å². The average molecular weight is 565 g/mol. The van der Waals surface area contributed by atoms with Crippen molar-refractivity contribution >= 4 is 39.6 Å². The first-order valence-electron chi connectivity index (χ1n) is 15.7. The molecule has 0 spiro atoms. The fourth-order valence-electron chi connectivity index (χ4n) is 7.59. The predicted octanol–water partition coefficient (Wildman–Crippen LogP) is 9.26. The van der Waals surface area contributed by atoms with Crippen molar-refractivity contribution < 1.29 is 0 Å². The van der Waals surface area contributed by atoms with E-state index < -0.39 is 0 Å². The molecule has 0 amide bonds. The molecule has 1 atom stereocenters. The van der Waals surface area contributed by atoms with Crippen molar-refractivity contribution in [3.63, 3.8) is 0 Å². The van der Waals surface area contributed by atoms with Crippen molar-refractivity contribution in [2.24, 2.45) is 0 Å². The van der Waals surface area contributed by atoms with Gasteiger partial charge in [-0.1, -0.05) is 115 Å². The zero-order valence-electron chi connectivity index (χ0n) is 24.5. The number of para-hydroxylation sites is 2. The highest BCUT2D eigenvalue weighted by Gasteiger charge is 2.37. The van der Waals surface area contributed by atoms with Crippen molar-refractivity contribution in [1.82, 2.24) is 4.57 Å². The van der Waals surface area contributed by atoms with Gasteiger partial charge in [0.25, 0.3) is 0 Å². The molecule has 0 fully saturated rings. The van der Waals surface area contributed by atoms with Gasteiger partial charge in [-0.15, -0.1) is 0 Å². The highest BCUT2D eigenvalue weighted by Crippen LogP contribution is 2.51. The van der Waals surface area contributed by atoms with Crippen molar-refractivity contribution in [1.29, 1.82) is 0 Å². The Morgan fingerprint density at radius 3 is 2.27 bits per heavy atom. The van der Waals surface area contributed by atoms with Crippen molar-refractivity contribution in [3.8, 4) is 16.8 Å². The van der Waals surface area contributed by atoms with Gasteiger partial charge >= 0.3 is 0 Å². The van der Waals surface area contributed by atoms with Crippen LogP contribution >= 0.6 is 0 Å². The number of aromatic nitrogens is 1. The Hall–Kier alpha value is -5.34. The van der Waals surface area contributed by atoms with Crippen LogP contribution in [0.25, 0.3) is 45.1 Å². The molecule has 2 aliphatic carbocycles. The molecule has 0 saturated carbocycles. The summed E-state index contributed by atoms with van der Waals surface area (Å²) in [6.07, 6.45) is 12.4. The van der Waals surface area contributed by atoms with E-state index in [4.69, 9.17) is 0 Å². The second-order valence-electron chi connectivity index (χ2n) is 12.0. The van der Waals surface area contributed by atoms with Crippen LogP contribution in [0.2, 0.25) is 0 Å². The van der Waals surface area contributed by atoms with Gasteiger partial charge in [-0.3, -0.25) is 0 Å². The highest BCUT2D eigenvalue weighted by molar-refractivity contribution is 5.97. The van der Waals surface area contributed by atoms with E-state index in [0.717, 1.165) is 19.3 Å². The van der Waals surface area contributed by atoms with Crippen LogP contribution in [0.4, 0.5) is 11.4 Å². The summed E-state index contributed by atoms with van der Waals surface area (Å²) in [4.78, 5) is 2.55. The molecule has 3 aliphatic rings. The fraction of sp³-hybridized carbons (Fsp3) is 0.0952. The average Bonchev–Trinajstić information content (AvgIpc) is 3.62. The van der Waals surface area contributed by atoms with Gasteiger partial charge in [0.2, 0.25) is 0 Å². The van der Waals surface area contributed by atoms with E-state index in [2.05, 4.69) is 161 Å². The first-order valence-corrected chi connectivity index (χ1v) is 15.7. The molecule has 2 nitrogen and oxygen atoms in total. The van der Waals surface area contributed by atoms with Gasteiger partial charge in [-0.25, -0.2) is 0 Å². The molecular formula is C42H32N2. The minimum Gasteiger partial charge on any atom is -0.313 e. The largest absolute Gasteiger partial charge is 0.313 e. The third-order valence-electron chi connectivity index (χ3n) is 9.54. The van der Waals surface area contributed by atoms with Crippen LogP contribution in [0.15, 0.2) is 146 Å². The van der Waals surface area contributed by atoms with E-state index in [1.807, 2.05) is 0 Å². The molecule has 210 valence electrons. The number of anilines is 2. The number of hydrogen-bond acceptors (Lipinski definition) is 1. The van der Waals surface area contributed by atoms with Gasteiger partial charge in [0.1, 0.15) is 0 Å². The molecule has 0 radical (unpaired) electrons. The van der Waals surface area contributed by atoms with Crippen molar-refractivity contribution in [3.05, 3.63) is 167 Å². The maximum absolute atomic E-state index is 2.55. The molecule has 2 heterocycles. The van der Waals surface area contributed by atoms with E-state index in [9.17, 15) is 0 Å². The summed E-state index contributed by atoms with van der Waals surface area (Å²) < 4.78 is 2.50. The van der Waals surface area contributed by atoms with E-state index in [1.165, 1.54) is 72.1 Å². The SMILES string of the molecule is C1=CCCC(c2cccc(-n3c4c(c5ccccc53)=C3C(CC=4)c4ccccc4N3c3cccc(-c4ccccc4)c3)c2)=C1. The quantitative estimate of drug-likeness (QED) is 0.207. The Morgan fingerprint density at radius 1 is 0.636 bits per heavy atom. The third-order valence-corrected chi connectivity index (χ3v) is 9.54. The number of benzene rings is 5. The number of rotatable bonds is 4. The van der Waals surface area contributed by atoms with Crippen molar-refractivity contribution in [2.75, 3.05) is 4.90 Å². The monoisotopic (exact) mass is 564 g/mol. The lowest BCUT2D eigenvalue weighted by Gasteiger charge is -2.25. The fourth-order valence-corrected chi connectivity index (χ4v) is 7.59. The summed E-state index contributed by atoms with van der Waals surface area (Å²) in [5.41, 5.74) is 13.0. The van der Waals surface area contributed by atoms with Crippen LogP contribution < -0.4 is 15.5 Å². The second-order valence-corrected chi connectivity index (χ2v) is 12.0. The maximum Gasteiger partial charge on any atom is 0.0541 e. The molecule has 0 bridgehead atoms. The Bertz CT molecular complexity index is 2260. The predicted molar refractivity (Wildman–Crippen MR) is 185 cm³/mol. The summed E-state index contributed by atoms with van der Waals surface area (Å²) in [5, 5.41) is 3.95. The van der Waals surface area contributed by atoms with Crippen LogP contribution in [-0.2, 0) is 0 Å². The second kappa shape index (κ2) is 10.1. The molecule has 9 rings (SSSR count). The van der Waals surface area contributed by atoms with Gasteiger partial charge in [0.15, 0.2) is 0 Å². The Labute approximate surface area is 257 Å². The van der Waals surface area contributed by atoms with E-state index >= 15 is 0 Å². The maximum atomic E-state index is 2.55. The van der Waals surface area contributed by atoms with Crippen molar-refractivity contribution in [2.45, 2.75) is 25.2 Å². The molecule has 0 N–H and O–H groups in total. The zero-order valence-corrected chi connectivity index (χ0v) is 24.5. The van der Waals surface area contributed by atoms with Crippen LogP contribution in [0.5, 0.6) is 0 Å². The summed E-state index contributed by atoms with van der Waals surface area (Å²) >= 11 is 0. The van der Waals surface area contributed by atoms with Crippen LogP contribution in [0, 0.1) is 0 Å². The summed E-state index contributed by atoms with van der Waals surface area (Å²) in [7, 11) is 0. The highest BCUT2D eigenvalue weighted by atomic mass is 15.2. The molecule has 1 aromatic heterocycles. The standard InChI is InChI=1S/C42H32N2/c1-3-13-29(14-4-1)31-17-11-19-33(27-31)43-39-24-10-8-22-37(39)41-40(43)26-25-36-35-21-7-9-23-38(35)44(42(36)41)34-20-12-18-32(28-34)30-15-5-2-6-16-30/h1-3,5-13,15-24,26-28,36H,4,14,25H2. The summed E-state index contributed by atoms with van der Waals surface area (Å²) in [6.45, 7) is 0. The first kappa shape index (κ1) is 25.2.